The van der Waals surface area contributed by atoms with Crippen molar-refractivity contribution in [2.75, 3.05) is 0 Å². The topological polar surface area (TPSA) is 23.8 Å². The summed E-state index contributed by atoms with van der Waals surface area (Å²) in [6, 6.07) is 1.96. The lowest BCUT2D eigenvalue weighted by molar-refractivity contribution is 0.574. The van der Waals surface area contributed by atoms with Gasteiger partial charge in [-0.2, -0.15) is 5.26 Å². The number of halogens is 2. The van der Waals surface area contributed by atoms with Crippen molar-refractivity contribution < 1.29 is 4.39 Å². The second kappa shape index (κ2) is 2.55. The van der Waals surface area contributed by atoms with Crippen LogP contribution in [0.1, 0.15) is 6.42 Å². The second-order valence-electron chi connectivity index (χ2n) is 2.12. The third-order valence-corrected chi connectivity index (χ3v) is 1.97. The van der Waals surface area contributed by atoms with Gasteiger partial charge in [0, 0.05) is 6.42 Å². The van der Waals surface area contributed by atoms with Gasteiger partial charge < -0.3 is 0 Å². The van der Waals surface area contributed by atoms with Crippen molar-refractivity contribution in [1.29, 1.82) is 5.26 Å². The van der Waals surface area contributed by atoms with Crippen LogP contribution in [0.2, 0.25) is 0 Å². The molecular formula is C7H5BrFN. The van der Waals surface area contributed by atoms with Gasteiger partial charge in [-0.3, -0.25) is 0 Å². The van der Waals surface area contributed by atoms with Gasteiger partial charge in [0.2, 0.25) is 0 Å². The van der Waals surface area contributed by atoms with Crippen LogP contribution in [0, 0.1) is 11.3 Å². The van der Waals surface area contributed by atoms with Crippen molar-refractivity contribution in [3.8, 4) is 6.07 Å². The lowest BCUT2D eigenvalue weighted by Crippen LogP contribution is -2.16. The first kappa shape index (κ1) is 7.49. The maximum Gasteiger partial charge on any atom is 0.136 e. The van der Waals surface area contributed by atoms with Crippen molar-refractivity contribution in [3.63, 3.8) is 0 Å². The molecule has 0 saturated heterocycles. The Balaban J connectivity index is 2.84. The Morgan fingerprint density at radius 1 is 1.80 bits per heavy atom. The van der Waals surface area contributed by atoms with Crippen LogP contribution in [-0.2, 0) is 0 Å². The Morgan fingerprint density at radius 3 is 2.90 bits per heavy atom. The normalized spacial score (nSPS) is 31.1. The quantitative estimate of drug-likeness (QED) is 0.553. The lowest BCUT2D eigenvalue weighted by atomic mass is 10.0. The van der Waals surface area contributed by atoms with E-state index in [1.54, 1.807) is 6.08 Å². The molecule has 0 heterocycles. The number of allylic oxidation sites excluding steroid dienone is 4. The minimum Gasteiger partial charge on any atom is -0.212 e. The van der Waals surface area contributed by atoms with E-state index in [9.17, 15) is 4.39 Å². The Labute approximate surface area is 67.0 Å². The van der Waals surface area contributed by atoms with Gasteiger partial charge in [0.25, 0.3) is 0 Å². The summed E-state index contributed by atoms with van der Waals surface area (Å²) in [5.74, 6) is -0.263. The molecule has 0 aromatic heterocycles. The first-order valence-corrected chi connectivity index (χ1v) is 3.60. The smallest absolute Gasteiger partial charge is 0.136 e. The van der Waals surface area contributed by atoms with Gasteiger partial charge in [-0.15, -0.1) is 0 Å². The summed E-state index contributed by atoms with van der Waals surface area (Å²) in [6.07, 6.45) is 4.66. The largest absolute Gasteiger partial charge is 0.212 e. The summed E-state index contributed by atoms with van der Waals surface area (Å²) in [4.78, 5) is 0. The summed E-state index contributed by atoms with van der Waals surface area (Å²) in [6.45, 7) is 0. The van der Waals surface area contributed by atoms with Crippen molar-refractivity contribution in [2.45, 2.75) is 10.7 Å². The standard InChI is InChI=1S/C7H5BrFN/c8-7(5-10)3-1-2-6(9)4-7/h1-3H,4H2. The molecule has 0 aromatic rings. The molecule has 10 heavy (non-hydrogen) atoms. The van der Waals surface area contributed by atoms with E-state index in [4.69, 9.17) is 5.26 Å². The highest BCUT2D eigenvalue weighted by atomic mass is 79.9. The van der Waals surface area contributed by atoms with Crippen LogP contribution < -0.4 is 0 Å². The number of alkyl halides is 1. The summed E-state index contributed by atoms with van der Waals surface area (Å²) in [7, 11) is 0. The molecule has 1 unspecified atom stereocenters. The third kappa shape index (κ3) is 1.45. The number of hydrogen-bond donors (Lipinski definition) is 0. The fourth-order valence-corrected chi connectivity index (χ4v) is 1.17. The summed E-state index contributed by atoms with van der Waals surface area (Å²) >= 11 is 3.11. The molecule has 0 amide bonds. The van der Waals surface area contributed by atoms with E-state index in [1.807, 2.05) is 6.07 Å². The van der Waals surface area contributed by atoms with Gasteiger partial charge in [-0.1, -0.05) is 28.1 Å². The predicted molar refractivity (Wildman–Crippen MR) is 40.2 cm³/mol. The lowest BCUT2D eigenvalue weighted by Gasteiger charge is -2.15. The van der Waals surface area contributed by atoms with E-state index in [0.29, 0.717) is 0 Å². The molecule has 0 radical (unpaired) electrons. The SMILES string of the molecule is N#CC1(Br)C=CC=C(F)C1. The van der Waals surface area contributed by atoms with E-state index in [2.05, 4.69) is 15.9 Å². The molecule has 0 aliphatic heterocycles. The van der Waals surface area contributed by atoms with Gasteiger partial charge in [0.15, 0.2) is 0 Å². The molecule has 0 aromatic carbocycles. The van der Waals surface area contributed by atoms with E-state index in [1.165, 1.54) is 12.2 Å². The molecular weight excluding hydrogens is 197 g/mol. The van der Waals surface area contributed by atoms with Crippen LogP contribution in [-0.4, -0.2) is 4.32 Å². The molecule has 1 aliphatic carbocycles. The molecule has 52 valence electrons. The molecule has 0 bridgehead atoms. The average molecular weight is 202 g/mol. The number of hydrogen-bond acceptors (Lipinski definition) is 1. The number of rotatable bonds is 0. The Bertz CT molecular complexity index is 238. The molecule has 1 aliphatic rings. The Morgan fingerprint density at radius 2 is 2.50 bits per heavy atom. The zero-order chi connectivity index (χ0) is 7.61. The number of nitriles is 1. The first-order valence-electron chi connectivity index (χ1n) is 2.80. The highest BCUT2D eigenvalue weighted by Crippen LogP contribution is 2.30. The number of nitrogens with zero attached hydrogens (tertiary/aromatic N) is 1. The highest BCUT2D eigenvalue weighted by Gasteiger charge is 2.26. The molecule has 1 rings (SSSR count). The maximum atomic E-state index is 12.5. The molecule has 0 spiro atoms. The van der Waals surface area contributed by atoms with E-state index >= 15 is 0 Å². The van der Waals surface area contributed by atoms with Crippen LogP contribution >= 0.6 is 15.9 Å². The minimum atomic E-state index is -0.814. The Hall–Kier alpha value is -0.620. The fourth-order valence-electron chi connectivity index (χ4n) is 0.745. The van der Waals surface area contributed by atoms with Gasteiger partial charge in [0.1, 0.15) is 10.2 Å². The van der Waals surface area contributed by atoms with Crippen LogP contribution in [0.25, 0.3) is 0 Å². The molecule has 0 N–H and O–H groups in total. The summed E-state index contributed by atoms with van der Waals surface area (Å²) in [5.41, 5.74) is 0. The minimum absolute atomic E-state index is 0.125. The van der Waals surface area contributed by atoms with E-state index < -0.39 is 4.32 Å². The fraction of sp³-hybridized carbons (Fsp3) is 0.286. The molecule has 1 atom stereocenters. The van der Waals surface area contributed by atoms with Crippen LogP contribution in [0.3, 0.4) is 0 Å². The van der Waals surface area contributed by atoms with Crippen molar-refractivity contribution >= 4 is 15.9 Å². The zero-order valence-corrected chi connectivity index (χ0v) is 6.73. The van der Waals surface area contributed by atoms with Gasteiger partial charge in [-0.05, 0) is 6.08 Å². The highest BCUT2D eigenvalue weighted by molar-refractivity contribution is 9.10. The van der Waals surface area contributed by atoms with Gasteiger partial charge in [0.05, 0.1) is 6.07 Å². The first-order chi connectivity index (χ1) is 4.66. The Kier molecular flexibility index (Phi) is 1.91. The molecule has 1 nitrogen and oxygen atoms in total. The maximum absolute atomic E-state index is 12.5. The monoisotopic (exact) mass is 201 g/mol. The van der Waals surface area contributed by atoms with Crippen LogP contribution in [0.15, 0.2) is 24.1 Å². The summed E-state index contributed by atoms with van der Waals surface area (Å²) < 4.78 is 11.7. The molecule has 0 fully saturated rings. The van der Waals surface area contributed by atoms with Crippen molar-refractivity contribution in [2.24, 2.45) is 0 Å². The van der Waals surface area contributed by atoms with Crippen molar-refractivity contribution in [1.82, 2.24) is 0 Å². The van der Waals surface area contributed by atoms with Crippen molar-refractivity contribution in [3.05, 3.63) is 24.1 Å². The second-order valence-corrected chi connectivity index (χ2v) is 3.54. The van der Waals surface area contributed by atoms with Gasteiger partial charge >= 0.3 is 0 Å². The molecule has 3 heteroatoms. The molecule has 0 saturated carbocycles. The van der Waals surface area contributed by atoms with Crippen LogP contribution in [0.4, 0.5) is 4.39 Å². The van der Waals surface area contributed by atoms with E-state index in [-0.39, 0.29) is 12.2 Å². The predicted octanol–water partition coefficient (Wildman–Crippen LogP) is 2.46. The van der Waals surface area contributed by atoms with E-state index in [0.717, 1.165) is 0 Å². The summed E-state index contributed by atoms with van der Waals surface area (Å²) in [5, 5.41) is 8.53. The van der Waals surface area contributed by atoms with Gasteiger partial charge in [-0.25, -0.2) is 4.39 Å². The third-order valence-electron chi connectivity index (χ3n) is 1.25. The van der Waals surface area contributed by atoms with Crippen LogP contribution in [0.5, 0.6) is 0 Å². The average Bonchev–Trinajstić information content (AvgIpc) is 1.88. The zero-order valence-electron chi connectivity index (χ0n) is 5.14.